The molecule has 108 valence electrons. The first kappa shape index (κ1) is 15.2. The number of esters is 2. The molecule has 2 atom stereocenters. The maximum absolute atomic E-state index is 12.0. The maximum atomic E-state index is 12.0. The third-order valence-electron chi connectivity index (χ3n) is 2.70. The summed E-state index contributed by atoms with van der Waals surface area (Å²) in [6.45, 7) is 0.221. The summed E-state index contributed by atoms with van der Waals surface area (Å²) in [6, 6.07) is -0.845. The van der Waals surface area contributed by atoms with Crippen LogP contribution in [-0.2, 0) is 19.1 Å². The molecule has 19 heavy (non-hydrogen) atoms. The second kappa shape index (κ2) is 6.34. The van der Waals surface area contributed by atoms with Gasteiger partial charge >= 0.3 is 18.0 Å². The van der Waals surface area contributed by atoms with Crippen LogP contribution in [0.25, 0.3) is 0 Å². The molecule has 2 amide bonds. The summed E-state index contributed by atoms with van der Waals surface area (Å²) in [5.74, 6) is -1.99. The smallest absolute Gasteiger partial charge is 0.356 e. The highest BCUT2D eigenvalue weighted by atomic mass is 16.5. The Bertz CT molecular complexity index is 341. The zero-order valence-corrected chi connectivity index (χ0v) is 10.6. The molecule has 0 saturated carbocycles. The van der Waals surface area contributed by atoms with Crippen molar-refractivity contribution in [3.8, 4) is 0 Å². The van der Waals surface area contributed by atoms with Gasteiger partial charge in [0, 0.05) is 13.1 Å². The monoisotopic (exact) mass is 276 g/mol. The summed E-state index contributed by atoms with van der Waals surface area (Å²) in [5.41, 5.74) is 0. The van der Waals surface area contributed by atoms with Gasteiger partial charge in [-0.2, -0.15) is 0 Å². The van der Waals surface area contributed by atoms with Crippen LogP contribution >= 0.6 is 0 Å². The van der Waals surface area contributed by atoms with Crippen molar-refractivity contribution < 1.29 is 34.1 Å². The summed E-state index contributed by atoms with van der Waals surface area (Å²) in [6.07, 6.45) is -3.18. The number of hydrogen-bond donors (Lipinski definition) is 2. The average molecular weight is 276 g/mol. The van der Waals surface area contributed by atoms with E-state index < -0.39 is 30.4 Å². The largest absolute Gasteiger partial charge is 0.466 e. The first-order valence-electron chi connectivity index (χ1n) is 5.53. The minimum atomic E-state index is -1.77. The van der Waals surface area contributed by atoms with Crippen molar-refractivity contribution in [1.29, 1.82) is 0 Å². The Labute approximate surface area is 109 Å². The molecular formula is C10H16N2O7. The Hall–Kier alpha value is -1.87. The van der Waals surface area contributed by atoms with Crippen LogP contribution in [0.5, 0.6) is 0 Å². The fraction of sp³-hybridized carbons (Fsp3) is 0.700. The summed E-state index contributed by atoms with van der Waals surface area (Å²) in [4.78, 5) is 35.9. The number of rotatable bonds is 4. The molecule has 0 aromatic heterocycles. The number of methoxy groups -OCH3 is 2. The molecule has 9 heteroatoms. The third-order valence-corrected chi connectivity index (χ3v) is 2.70. The highest BCUT2D eigenvalue weighted by Gasteiger charge is 2.39. The molecule has 1 heterocycles. The first-order chi connectivity index (χ1) is 8.93. The second-order valence-corrected chi connectivity index (χ2v) is 3.82. The topological polar surface area (TPSA) is 117 Å². The number of nitrogens with zero attached hydrogens (tertiary/aromatic N) is 2. The SMILES string of the molecule is COC(=O)C(O)N1CCCN(C(O)C(=O)OC)C1=O. The van der Waals surface area contributed by atoms with Gasteiger partial charge in [0.1, 0.15) is 0 Å². The van der Waals surface area contributed by atoms with Gasteiger partial charge in [-0.1, -0.05) is 0 Å². The van der Waals surface area contributed by atoms with Gasteiger partial charge in [-0.3, -0.25) is 9.80 Å². The van der Waals surface area contributed by atoms with Crippen molar-refractivity contribution in [2.45, 2.75) is 18.9 Å². The minimum Gasteiger partial charge on any atom is -0.466 e. The van der Waals surface area contributed by atoms with Gasteiger partial charge in [-0.15, -0.1) is 0 Å². The molecule has 1 aliphatic rings. The van der Waals surface area contributed by atoms with E-state index in [4.69, 9.17) is 0 Å². The van der Waals surface area contributed by atoms with E-state index in [2.05, 4.69) is 9.47 Å². The van der Waals surface area contributed by atoms with E-state index in [1.54, 1.807) is 0 Å². The van der Waals surface area contributed by atoms with E-state index in [0.717, 1.165) is 24.0 Å². The van der Waals surface area contributed by atoms with Crippen molar-refractivity contribution in [3.63, 3.8) is 0 Å². The Kier molecular flexibility index (Phi) is 5.07. The molecular weight excluding hydrogens is 260 g/mol. The molecule has 0 aromatic carbocycles. The lowest BCUT2D eigenvalue weighted by Crippen LogP contribution is -2.59. The van der Waals surface area contributed by atoms with Crippen LogP contribution in [0, 0.1) is 0 Å². The second-order valence-electron chi connectivity index (χ2n) is 3.82. The maximum Gasteiger partial charge on any atom is 0.356 e. The van der Waals surface area contributed by atoms with E-state index in [0.29, 0.717) is 6.42 Å². The first-order valence-corrected chi connectivity index (χ1v) is 5.53. The molecule has 0 spiro atoms. The van der Waals surface area contributed by atoms with Crippen molar-refractivity contribution in [2.24, 2.45) is 0 Å². The van der Waals surface area contributed by atoms with Crippen LogP contribution in [0.1, 0.15) is 6.42 Å². The van der Waals surface area contributed by atoms with E-state index in [9.17, 15) is 24.6 Å². The van der Waals surface area contributed by atoms with Gasteiger partial charge in [-0.05, 0) is 6.42 Å². The Morgan fingerprint density at radius 1 is 1.05 bits per heavy atom. The van der Waals surface area contributed by atoms with E-state index in [1.807, 2.05) is 0 Å². The van der Waals surface area contributed by atoms with Crippen LogP contribution in [0.2, 0.25) is 0 Å². The molecule has 2 N–H and O–H groups in total. The number of amides is 2. The van der Waals surface area contributed by atoms with Crippen molar-refractivity contribution in [3.05, 3.63) is 0 Å². The zero-order valence-electron chi connectivity index (χ0n) is 10.6. The van der Waals surface area contributed by atoms with Crippen LogP contribution in [0.4, 0.5) is 4.79 Å². The van der Waals surface area contributed by atoms with E-state index in [-0.39, 0.29) is 13.1 Å². The highest BCUT2D eigenvalue weighted by Crippen LogP contribution is 2.15. The minimum absolute atomic E-state index is 0.111. The molecule has 1 rings (SSSR count). The van der Waals surface area contributed by atoms with E-state index in [1.165, 1.54) is 0 Å². The predicted octanol–water partition coefficient (Wildman–Crippen LogP) is -1.90. The van der Waals surface area contributed by atoms with Gasteiger partial charge in [0.25, 0.3) is 0 Å². The van der Waals surface area contributed by atoms with Crippen LogP contribution in [-0.4, -0.2) is 77.7 Å². The normalized spacial score (nSPS) is 18.8. The predicted molar refractivity (Wildman–Crippen MR) is 59.5 cm³/mol. The number of carbonyl (C=O) groups excluding carboxylic acids is 3. The molecule has 1 aliphatic heterocycles. The lowest BCUT2D eigenvalue weighted by atomic mass is 10.2. The van der Waals surface area contributed by atoms with Crippen molar-refractivity contribution in [2.75, 3.05) is 27.3 Å². The van der Waals surface area contributed by atoms with Crippen LogP contribution in [0.15, 0.2) is 0 Å². The summed E-state index contributed by atoms with van der Waals surface area (Å²) in [7, 11) is 2.14. The van der Waals surface area contributed by atoms with Gasteiger partial charge in [0.05, 0.1) is 14.2 Å². The molecule has 0 aliphatic carbocycles. The van der Waals surface area contributed by atoms with E-state index >= 15 is 0 Å². The molecule has 0 aromatic rings. The Balaban J connectivity index is 2.81. The van der Waals surface area contributed by atoms with Crippen molar-refractivity contribution in [1.82, 2.24) is 9.80 Å². The summed E-state index contributed by atoms with van der Waals surface area (Å²) >= 11 is 0. The molecule has 9 nitrogen and oxygen atoms in total. The van der Waals surface area contributed by atoms with Gasteiger partial charge in [-0.25, -0.2) is 14.4 Å². The number of urea groups is 1. The molecule has 1 saturated heterocycles. The number of carbonyl (C=O) groups is 3. The van der Waals surface area contributed by atoms with Gasteiger partial charge in [0.2, 0.25) is 12.5 Å². The molecule has 0 radical (unpaired) electrons. The average Bonchev–Trinajstić information content (AvgIpc) is 2.44. The fourth-order valence-corrected chi connectivity index (χ4v) is 1.69. The molecule has 2 unspecified atom stereocenters. The molecule has 0 bridgehead atoms. The fourth-order valence-electron chi connectivity index (χ4n) is 1.69. The lowest BCUT2D eigenvalue weighted by molar-refractivity contribution is -0.165. The Morgan fingerprint density at radius 3 is 1.74 bits per heavy atom. The Morgan fingerprint density at radius 2 is 1.42 bits per heavy atom. The summed E-state index contributed by atoms with van der Waals surface area (Å²) < 4.78 is 8.64. The quantitative estimate of drug-likeness (QED) is 0.576. The number of hydrogen-bond acceptors (Lipinski definition) is 7. The highest BCUT2D eigenvalue weighted by molar-refractivity contribution is 5.86. The lowest BCUT2D eigenvalue weighted by Gasteiger charge is -2.38. The summed E-state index contributed by atoms with van der Waals surface area (Å²) in [5, 5.41) is 19.2. The van der Waals surface area contributed by atoms with Crippen LogP contribution in [0.3, 0.4) is 0 Å². The molecule has 1 fully saturated rings. The third kappa shape index (κ3) is 3.12. The van der Waals surface area contributed by atoms with Gasteiger partial charge < -0.3 is 19.7 Å². The van der Waals surface area contributed by atoms with Gasteiger partial charge in [0.15, 0.2) is 0 Å². The van der Waals surface area contributed by atoms with Crippen LogP contribution < -0.4 is 0 Å². The van der Waals surface area contributed by atoms with Crippen molar-refractivity contribution >= 4 is 18.0 Å². The number of ether oxygens (including phenoxy) is 2. The zero-order chi connectivity index (χ0) is 14.6. The number of aliphatic hydroxyl groups excluding tert-OH is 2. The number of aliphatic hydroxyl groups is 2. The standard InChI is InChI=1S/C10H16N2O7/c1-18-8(15)6(13)11-4-3-5-12(10(11)17)7(14)9(16)19-2/h6-7,13-14H,3-5H2,1-2H3.